The topological polar surface area (TPSA) is 183 Å². The molecule has 5 amide bonds. The number of hydrazone groups is 1. The zero-order chi connectivity index (χ0) is 26.5. The van der Waals surface area contributed by atoms with Crippen LogP contribution in [0, 0.1) is 0 Å². The van der Waals surface area contributed by atoms with E-state index in [4.69, 9.17) is 5.73 Å². The lowest BCUT2D eigenvalue weighted by Gasteiger charge is -2.28. The highest BCUT2D eigenvalue weighted by Crippen LogP contribution is 2.39. The van der Waals surface area contributed by atoms with Crippen molar-refractivity contribution >= 4 is 41.6 Å². The van der Waals surface area contributed by atoms with E-state index < -0.39 is 54.3 Å². The summed E-state index contributed by atoms with van der Waals surface area (Å²) in [6.07, 6.45) is 1.64. The number of nitrogens with two attached hydrogens (primary N) is 1. The molecule has 0 saturated heterocycles. The van der Waals surface area contributed by atoms with Gasteiger partial charge in [-0.05, 0) is 36.1 Å². The van der Waals surface area contributed by atoms with Crippen molar-refractivity contribution in [2.24, 2.45) is 10.8 Å². The average Bonchev–Trinajstić information content (AvgIpc) is 3.20. The highest BCUT2D eigenvalue weighted by Gasteiger charge is 2.44. The fourth-order valence-electron chi connectivity index (χ4n) is 4.60. The molecule has 0 spiro atoms. The molecule has 192 valence electrons. The standard InChI is InChI=1S/C25H26N6O6/c26-25(37)30-27-13-17(12-20(32)33)28-23(35)19-11-16-8-4-7-14-9-10-18(24(36)31(19)21(14)16)29-22(34)15-5-2-1-3-6-15/h1-8,13,17-19H,9-12H2,(H,28,35)(H,29,34)(H,32,33)(H3,26,30,37)/t17-,18-,19-/m0/s1. The molecule has 3 atom stereocenters. The number of carboxylic acids is 1. The zero-order valence-electron chi connectivity index (χ0n) is 19.7. The number of hydrogen-bond acceptors (Lipinski definition) is 6. The number of carbonyl (C=O) groups is 5. The molecule has 2 heterocycles. The lowest BCUT2D eigenvalue weighted by Crippen LogP contribution is -2.56. The van der Waals surface area contributed by atoms with Gasteiger partial charge in [-0.1, -0.05) is 36.4 Å². The Morgan fingerprint density at radius 1 is 1.11 bits per heavy atom. The molecule has 4 rings (SSSR count). The first kappa shape index (κ1) is 25.4. The summed E-state index contributed by atoms with van der Waals surface area (Å²) in [5, 5.41) is 18.2. The SMILES string of the molecule is NC(=O)NN=C[C@H](CC(=O)O)NC(=O)[C@@H]1Cc2cccc3c2N1C(=O)[C@@H](NC(=O)c1ccccc1)CC3. The quantitative estimate of drug-likeness (QED) is 0.253. The van der Waals surface area contributed by atoms with E-state index in [0.29, 0.717) is 24.1 Å². The Kier molecular flexibility index (Phi) is 7.47. The van der Waals surface area contributed by atoms with Crippen LogP contribution < -0.4 is 26.7 Å². The highest BCUT2D eigenvalue weighted by molar-refractivity contribution is 6.09. The van der Waals surface area contributed by atoms with Crippen LogP contribution in [0.1, 0.15) is 34.3 Å². The monoisotopic (exact) mass is 506 g/mol. The van der Waals surface area contributed by atoms with E-state index >= 15 is 0 Å². The van der Waals surface area contributed by atoms with E-state index in [2.05, 4.69) is 15.7 Å². The van der Waals surface area contributed by atoms with Crippen LogP contribution in [0.2, 0.25) is 0 Å². The van der Waals surface area contributed by atoms with E-state index in [1.807, 2.05) is 23.6 Å². The van der Waals surface area contributed by atoms with Crippen LogP contribution in [0.5, 0.6) is 0 Å². The second kappa shape index (κ2) is 10.9. The van der Waals surface area contributed by atoms with Crippen LogP contribution >= 0.6 is 0 Å². The van der Waals surface area contributed by atoms with E-state index in [1.54, 1.807) is 30.3 Å². The van der Waals surface area contributed by atoms with Crippen molar-refractivity contribution in [3.8, 4) is 0 Å². The summed E-state index contributed by atoms with van der Waals surface area (Å²) >= 11 is 0. The number of aliphatic carboxylic acids is 1. The molecule has 6 N–H and O–H groups in total. The summed E-state index contributed by atoms with van der Waals surface area (Å²) in [7, 11) is 0. The van der Waals surface area contributed by atoms with Crippen LogP contribution in [-0.2, 0) is 27.2 Å². The predicted octanol–water partition coefficient (Wildman–Crippen LogP) is 0.303. The molecular weight excluding hydrogens is 480 g/mol. The Balaban J connectivity index is 1.58. The fraction of sp³-hybridized carbons (Fsp3) is 0.280. The molecule has 37 heavy (non-hydrogen) atoms. The van der Waals surface area contributed by atoms with Crippen molar-refractivity contribution < 1.29 is 29.1 Å². The summed E-state index contributed by atoms with van der Waals surface area (Å²) in [4.78, 5) is 63.4. The number of benzene rings is 2. The summed E-state index contributed by atoms with van der Waals surface area (Å²) < 4.78 is 0. The van der Waals surface area contributed by atoms with Gasteiger partial charge >= 0.3 is 12.0 Å². The molecule has 0 aromatic heterocycles. The summed E-state index contributed by atoms with van der Waals surface area (Å²) in [6, 6.07) is 10.2. The number of aryl methyl sites for hydroxylation is 1. The van der Waals surface area contributed by atoms with Gasteiger partial charge in [0.1, 0.15) is 12.1 Å². The van der Waals surface area contributed by atoms with Crippen LogP contribution in [0.3, 0.4) is 0 Å². The van der Waals surface area contributed by atoms with Crippen LogP contribution in [0.4, 0.5) is 10.5 Å². The molecular formula is C25H26N6O6. The van der Waals surface area contributed by atoms with E-state index in [9.17, 15) is 29.1 Å². The van der Waals surface area contributed by atoms with Gasteiger partial charge in [0, 0.05) is 18.2 Å². The molecule has 0 saturated carbocycles. The molecule has 0 fully saturated rings. The molecule has 0 aliphatic carbocycles. The van der Waals surface area contributed by atoms with Gasteiger partial charge in [-0.2, -0.15) is 5.10 Å². The van der Waals surface area contributed by atoms with Gasteiger partial charge in [0.25, 0.3) is 5.91 Å². The van der Waals surface area contributed by atoms with Gasteiger partial charge in [-0.15, -0.1) is 0 Å². The summed E-state index contributed by atoms with van der Waals surface area (Å²) in [5.41, 5.74) is 9.65. The number of para-hydroxylation sites is 1. The first-order valence-electron chi connectivity index (χ1n) is 11.6. The van der Waals surface area contributed by atoms with Crippen molar-refractivity contribution in [1.29, 1.82) is 0 Å². The van der Waals surface area contributed by atoms with Gasteiger partial charge in [0.15, 0.2) is 0 Å². The lowest BCUT2D eigenvalue weighted by molar-refractivity contribution is -0.137. The normalized spacial score (nSPS) is 19.0. The number of carboxylic acid groups (broad SMARTS) is 1. The number of anilines is 1. The largest absolute Gasteiger partial charge is 0.481 e. The third-order valence-corrected chi connectivity index (χ3v) is 6.20. The highest BCUT2D eigenvalue weighted by atomic mass is 16.4. The maximum Gasteiger partial charge on any atom is 0.332 e. The number of rotatable bonds is 8. The lowest BCUT2D eigenvalue weighted by atomic mass is 10.0. The van der Waals surface area contributed by atoms with Crippen LogP contribution in [0.15, 0.2) is 53.6 Å². The first-order valence-corrected chi connectivity index (χ1v) is 11.6. The molecule has 0 bridgehead atoms. The Morgan fingerprint density at radius 3 is 2.54 bits per heavy atom. The van der Waals surface area contributed by atoms with Crippen molar-refractivity contribution in [2.45, 2.75) is 43.8 Å². The summed E-state index contributed by atoms with van der Waals surface area (Å²) in [6.45, 7) is 0. The maximum atomic E-state index is 13.7. The Morgan fingerprint density at radius 2 is 1.84 bits per heavy atom. The van der Waals surface area contributed by atoms with Crippen LogP contribution in [0.25, 0.3) is 0 Å². The van der Waals surface area contributed by atoms with Gasteiger partial charge in [0.05, 0.1) is 18.2 Å². The van der Waals surface area contributed by atoms with Gasteiger partial charge in [0.2, 0.25) is 11.8 Å². The Hall–Kier alpha value is -4.74. The first-order chi connectivity index (χ1) is 17.7. The number of primary amides is 1. The maximum absolute atomic E-state index is 13.7. The minimum atomic E-state index is -1.21. The zero-order valence-corrected chi connectivity index (χ0v) is 19.7. The van der Waals surface area contributed by atoms with E-state index in [0.717, 1.165) is 17.3 Å². The Bertz CT molecular complexity index is 1260. The minimum Gasteiger partial charge on any atom is -0.481 e. The molecule has 2 aliphatic rings. The number of amides is 5. The molecule has 0 radical (unpaired) electrons. The number of nitrogens with one attached hydrogen (secondary N) is 3. The van der Waals surface area contributed by atoms with Crippen molar-refractivity contribution in [3.63, 3.8) is 0 Å². The molecule has 12 nitrogen and oxygen atoms in total. The van der Waals surface area contributed by atoms with Crippen molar-refractivity contribution in [3.05, 3.63) is 65.2 Å². The second-order valence-electron chi connectivity index (χ2n) is 8.75. The van der Waals surface area contributed by atoms with Crippen molar-refractivity contribution in [2.75, 3.05) is 4.90 Å². The number of hydrogen-bond donors (Lipinski definition) is 5. The van der Waals surface area contributed by atoms with Gasteiger partial charge < -0.3 is 21.5 Å². The summed E-state index contributed by atoms with van der Waals surface area (Å²) in [5.74, 6) is -2.62. The van der Waals surface area contributed by atoms with Crippen molar-refractivity contribution in [1.82, 2.24) is 16.1 Å². The molecule has 0 unspecified atom stereocenters. The smallest absolute Gasteiger partial charge is 0.332 e. The molecule has 2 aromatic carbocycles. The van der Waals surface area contributed by atoms with Gasteiger partial charge in [-0.25, -0.2) is 10.2 Å². The second-order valence-corrected chi connectivity index (χ2v) is 8.75. The predicted molar refractivity (Wildman–Crippen MR) is 133 cm³/mol. The van der Waals surface area contributed by atoms with E-state index in [-0.39, 0.29) is 6.42 Å². The molecule has 12 heteroatoms. The number of urea groups is 1. The third-order valence-electron chi connectivity index (χ3n) is 6.20. The third kappa shape index (κ3) is 5.74. The Labute approximate surface area is 211 Å². The number of nitrogens with zero attached hydrogens (tertiary/aromatic N) is 2. The van der Waals surface area contributed by atoms with E-state index in [1.165, 1.54) is 4.90 Å². The molecule has 2 aromatic rings. The fourth-order valence-corrected chi connectivity index (χ4v) is 4.60. The van der Waals surface area contributed by atoms with Gasteiger partial charge in [-0.3, -0.25) is 24.1 Å². The van der Waals surface area contributed by atoms with Crippen LogP contribution in [-0.4, -0.2) is 59.2 Å². The average molecular weight is 507 g/mol. The molecule has 2 aliphatic heterocycles. The minimum absolute atomic E-state index is 0.219. The number of carbonyl (C=O) groups excluding carboxylic acids is 4.